The van der Waals surface area contributed by atoms with Crippen molar-refractivity contribution in [2.24, 2.45) is 5.73 Å². The Labute approximate surface area is 102 Å². The van der Waals surface area contributed by atoms with Crippen LogP contribution in [-0.2, 0) is 6.54 Å². The van der Waals surface area contributed by atoms with E-state index in [2.05, 4.69) is 36.2 Å². The van der Waals surface area contributed by atoms with Gasteiger partial charge in [0.25, 0.3) is 0 Å². The molecule has 0 aromatic carbocycles. The molecule has 0 aliphatic rings. The van der Waals surface area contributed by atoms with Crippen LogP contribution in [0, 0.1) is 0 Å². The summed E-state index contributed by atoms with van der Waals surface area (Å²) >= 11 is 1.88. The lowest BCUT2D eigenvalue weighted by atomic mass is 10.2. The Morgan fingerprint density at radius 1 is 1.56 bits per heavy atom. The van der Waals surface area contributed by atoms with Gasteiger partial charge in [-0.25, -0.2) is 0 Å². The van der Waals surface area contributed by atoms with Gasteiger partial charge >= 0.3 is 0 Å². The SMILES string of the molecule is CCC(CSC)N(C)c1cccnc1CN. The number of nitrogens with zero attached hydrogens (tertiary/aromatic N) is 2. The van der Waals surface area contributed by atoms with Crippen LogP contribution in [0.4, 0.5) is 5.69 Å². The van der Waals surface area contributed by atoms with Crippen LogP contribution in [-0.4, -0.2) is 30.1 Å². The summed E-state index contributed by atoms with van der Waals surface area (Å²) in [5.41, 5.74) is 7.84. The summed E-state index contributed by atoms with van der Waals surface area (Å²) in [5.74, 6) is 1.13. The third-order valence-corrected chi connectivity index (χ3v) is 3.54. The monoisotopic (exact) mass is 239 g/mol. The zero-order chi connectivity index (χ0) is 12.0. The maximum Gasteiger partial charge on any atom is 0.0772 e. The number of hydrogen-bond acceptors (Lipinski definition) is 4. The number of hydrogen-bond donors (Lipinski definition) is 1. The normalized spacial score (nSPS) is 12.5. The van der Waals surface area contributed by atoms with Crippen LogP contribution >= 0.6 is 11.8 Å². The van der Waals surface area contributed by atoms with Crippen molar-refractivity contribution < 1.29 is 0 Å². The summed E-state index contributed by atoms with van der Waals surface area (Å²) in [5, 5.41) is 0. The maximum absolute atomic E-state index is 5.71. The van der Waals surface area contributed by atoms with Gasteiger partial charge < -0.3 is 10.6 Å². The van der Waals surface area contributed by atoms with E-state index in [0.29, 0.717) is 12.6 Å². The Morgan fingerprint density at radius 2 is 2.31 bits per heavy atom. The molecule has 0 bridgehead atoms. The van der Waals surface area contributed by atoms with Gasteiger partial charge in [0.15, 0.2) is 0 Å². The lowest BCUT2D eigenvalue weighted by Gasteiger charge is -2.30. The van der Waals surface area contributed by atoms with Crippen LogP contribution in [0.3, 0.4) is 0 Å². The van der Waals surface area contributed by atoms with Crippen LogP contribution in [0.1, 0.15) is 19.0 Å². The third kappa shape index (κ3) is 3.12. The highest BCUT2D eigenvalue weighted by molar-refractivity contribution is 7.98. The Morgan fingerprint density at radius 3 is 2.88 bits per heavy atom. The van der Waals surface area contributed by atoms with Gasteiger partial charge in [-0.1, -0.05) is 6.92 Å². The number of rotatable bonds is 6. The minimum Gasteiger partial charge on any atom is -0.369 e. The van der Waals surface area contributed by atoms with Gasteiger partial charge in [0.2, 0.25) is 0 Å². The van der Waals surface area contributed by atoms with Crippen molar-refractivity contribution in [3.63, 3.8) is 0 Å². The first-order chi connectivity index (χ1) is 7.74. The minimum absolute atomic E-state index is 0.496. The molecular weight excluding hydrogens is 218 g/mol. The van der Waals surface area contributed by atoms with E-state index in [4.69, 9.17) is 5.73 Å². The van der Waals surface area contributed by atoms with Crippen molar-refractivity contribution in [1.82, 2.24) is 4.98 Å². The molecule has 1 aromatic rings. The average molecular weight is 239 g/mol. The largest absolute Gasteiger partial charge is 0.369 e. The second-order valence-electron chi connectivity index (χ2n) is 3.80. The fourth-order valence-corrected chi connectivity index (χ4v) is 2.64. The lowest BCUT2D eigenvalue weighted by Crippen LogP contribution is -2.34. The highest BCUT2D eigenvalue weighted by Gasteiger charge is 2.15. The van der Waals surface area contributed by atoms with Crippen molar-refractivity contribution >= 4 is 17.4 Å². The van der Waals surface area contributed by atoms with Gasteiger partial charge in [-0.3, -0.25) is 4.98 Å². The van der Waals surface area contributed by atoms with Crippen LogP contribution in [0.25, 0.3) is 0 Å². The molecule has 0 spiro atoms. The van der Waals surface area contributed by atoms with Gasteiger partial charge in [-0.05, 0) is 24.8 Å². The standard InChI is InChI=1S/C12H21N3S/c1-4-10(9-16-3)15(2)12-6-5-7-14-11(12)8-13/h5-7,10H,4,8-9,13H2,1-3H3. The second-order valence-corrected chi connectivity index (χ2v) is 4.71. The Hall–Kier alpha value is -0.740. The zero-order valence-electron chi connectivity index (χ0n) is 10.3. The van der Waals surface area contributed by atoms with Crippen molar-refractivity contribution in [2.75, 3.05) is 24.0 Å². The molecule has 1 atom stereocenters. The predicted octanol–water partition coefficient (Wildman–Crippen LogP) is 2.12. The van der Waals surface area contributed by atoms with E-state index in [1.54, 1.807) is 6.20 Å². The van der Waals surface area contributed by atoms with Gasteiger partial charge in [-0.2, -0.15) is 11.8 Å². The highest BCUT2D eigenvalue weighted by atomic mass is 32.2. The first kappa shape index (κ1) is 13.3. The molecule has 1 aromatic heterocycles. The van der Waals surface area contributed by atoms with E-state index in [0.717, 1.165) is 23.6 Å². The van der Waals surface area contributed by atoms with Crippen LogP contribution in [0.2, 0.25) is 0 Å². The molecule has 0 aliphatic carbocycles. The van der Waals surface area contributed by atoms with Gasteiger partial charge in [0, 0.05) is 31.6 Å². The predicted molar refractivity (Wildman–Crippen MR) is 73.0 cm³/mol. The lowest BCUT2D eigenvalue weighted by molar-refractivity contribution is 0.668. The third-order valence-electron chi connectivity index (χ3n) is 2.82. The van der Waals surface area contributed by atoms with Crippen molar-refractivity contribution in [3.05, 3.63) is 24.0 Å². The molecule has 0 amide bonds. The molecule has 0 aliphatic heterocycles. The fraction of sp³-hybridized carbons (Fsp3) is 0.583. The molecule has 0 fully saturated rings. The molecular formula is C12H21N3S. The number of nitrogens with two attached hydrogens (primary N) is 1. The summed E-state index contributed by atoms with van der Waals surface area (Å²) in [6, 6.07) is 4.61. The highest BCUT2D eigenvalue weighted by Crippen LogP contribution is 2.21. The van der Waals surface area contributed by atoms with E-state index in [1.165, 1.54) is 0 Å². The number of thioether (sulfide) groups is 1. The summed E-state index contributed by atoms with van der Waals surface area (Å²) < 4.78 is 0. The molecule has 90 valence electrons. The smallest absolute Gasteiger partial charge is 0.0772 e. The van der Waals surface area contributed by atoms with E-state index in [9.17, 15) is 0 Å². The van der Waals surface area contributed by atoms with Crippen molar-refractivity contribution in [3.8, 4) is 0 Å². The molecule has 1 rings (SSSR count). The molecule has 0 saturated heterocycles. The number of anilines is 1. The topological polar surface area (TPSA) is 42.2 Å². The van der Waals surface area contributed by atoms with Gasteiger partial charge in [0.1, 0.15) is 0 Å². The number of pyridine rings is 1. The second kappa shape index (κ2) is 6.76. The molecule has 4 heteroatoms. The first-order valence-electron chi connectivity index (χ1n) is 5.60. The first-order valence-corrected chi connectivity index (χ1v) is 6.99. The van der Waals surface area contributed by atoms with Crippen LogP contribution in [0.5, 0.6) is 0 Å². The van der Waals surface area contributed by atoms with Crippen LogP contribution < -0.4 is 10.6 Å². The molecule has 3 nitrogen and oxygen atoms in total. The van der Waals surface area contributed by atoms with E-state index in [-0.39, 0.29) is 0 Å². The van der Waals surface area contributed by atoms with E-state index >= 15 is 0 Å². The fourth-order valence-electron chi connectivity index (χ4n) is 1.80. The molecule has 1 unspecified atom stereocenters. The Balaban J connectivity index is 2.88. The summed E-state index contributed by atoms with van der Waals surface area (Å²) in [6.45, 7) is 2.71. The zero-order valence-corrected chi connectivity index (χ0v) is 11.1. The summed E-state index contributed by atoms with van der Waals surface area (Å²) in [7, 11) is 2.13. The minimum atomic E-state index is 0.496. The molecule has 0 saturated carbocycles. The molecule has 16 heavy (non-hydrogen) atoms. The van der Waals surface area contributed by atoms with Crippen molar-refractivity contribution in [1.29, 1.82) is 0 Å². The molecule has 0 radical (unpaired) electrons. The van der Waals surface area contributed by atoms with Gasteiger partial charge in [0.05, 0.1) is 11.4 Å². The van der Waals surface area contributed by atoms with Gasteiger partial charge in [-0.15, -0.1) is 0 Å². The van der Waals surface area contributed by atoms with E-state index in [1.807, 2.05) is 17.8 Å². The average Bonchev–Trinajstić information content (AvgIpc) is 2.35. The quantitative estimate of drug-likeness (QED) is 0.825. The summed E-state index contributed by atoms with van der Waals surface area (Å²) in [4.78, 5) is 6.62. The van der Waals surface area contributed by atoms with E-state index < -0.39 is 0 Å². The summed E-state index contributed by atoms with van der Waals surface area (Å²) in [6.07, 6.45) is 5.08. The molecule has 1 heterocycles. The Bertz CT molecular complexity index is 317. The van der Waals surface area contributed by atoms with Crippen molar-refractivity contribution in [2.45, 2.75) is 25.9 Å². The molecule has 2 N–H and O–H groups in total. The number of aromatic nitrogens is 1. The maximum atomic E-state index is 5.71. The van der Waals surface area contributed by atoms with Crippen LogP contribution in [0.15, 0.2) is 18.3 Å². The Kier molecular flexibility index (Phi) is 5.63.